The van der Waals surface area contributed by atoms with Crippen LogP contribution in [-0.4, -0.2) is 47.0 Å². The number of rotatable bonds is 8. The van der Waals surface area contributed by atoms with Gasteiger partial charge in [0.15, 0.2) is 11.6 Å². The molecular formula is C22H30N6O2. The molecule has 8 heteroatoms. The number of hydrogen-bond acceptors (Lipinski definition) is 7. The fourth-order valence-electron chi connectivity index (χ4n) is 3.85. The molecule has 30 heavy (non-hydrogen) atoms. The molecule has 0 bridgehead atoms. The van der Waals surface area contributed by atoms with Gasteiger partial charge < -0.3 is 20.7 Å². The van der Waals surface area contributed by atoms with E-state index in [4.69, 9.17) is 11.8 Å². The lowest BCUT2D eigenvalue weighted by molar-refractivity contribution is -0.115. The van der Waals surface area contributed by atoms with Gasteiger partial charge in [-0.1, -0.05) is 37.6 Å². The molecule has 8 nitrogen and oxygen atoms in total. The summed E-state index contributed by atoms with van der Waals surface area (Å²) >= 11 is 0. The molecule has 4 rings (SSSR count). The van der Waals surface area contributed by atoms with Crippen LogP contribution in [0.3, 0.4) is 0 Å². The molecule has 2 aromatic rings. The Kier molecular flexibility index (Phi) is 5.92. The highest BCUT2D eigenvalue weighted by Gasteiger charge is 2.27. The zero-order valence-electron chi connectivity index (χ0n) is 18.3. The molecule has 1 amide bonds. The van der Waals surface area contributed by atoms with Gasteiger partial charge in [0.25, 0.3) is 0 Å². The molecule has 3 heterocycles. The lowest BCUT2D eigenvalue weighted by Crippen LogP contribution is -2.39. The van der Waals surface area contributed by atoms with E-state index in [2.05, 4.69) is 44.5 Å². The summed E-state index contributed by atoms with van der Waals surface area (Å²) in [6.07, 6.45) is 4.09. The smallest absolute Gasteiger partial charge is 0.320 e. The highest BCUT2D eigenvalue weighted by atomic mass is 16.5. The van der Waals surface area contributed by atoms with Crippen LogP contribution in [0.1, 0.15) is 45.1 Å². The molecule has 160 valence electrons. The highest BCUT2D eigenvalue weighted by Crippen LogP contribution is 2.34. The van der Waals surface area contributed by atoms with Crippen LogP contribution in [0.15, 0.2) is 24.3 Å². The summed E-state index contributed by atoms with van der Waals surface area (Å²) in [6.45, 7) is 4.87. The number of fused-ring (bicyclic) bond motifs is 1. The van der Waals surface area contributed by atoms with E-state index in [0.29, 0.717) is 31.6 Å². The van der Waals surface area contributed by atoms with Gasteiger partial charge in [-0.15, -0.1) is 0 Å². The number of likely N-dealkylation sites (tertiary alicyclic amines) is 1. The van der Waals surface area contributed by atoms with E-state index in [1.165, 1.54) is 31.5 Å². The Morgan fingerprint density at radius 2 is 1.90 bits per heavy atom. The number of nitrogens with zero attached hydrogens (tertiary/aromatic N) is 4. The Hall–Kier alpha value is -2.87. The summed E-state index contributed by atoms with van der Waals surface area (Å²) in [5, 5.41) is 2.78. The summed E-state index contributed by atoms with van der Waals surface area (Å²) in [7, 11) is 0. The zero-order valence-corrected chi connectivity index (χ0v) is 17.3. The number of nitrogens with two attached hydrogens (primary N) is 1. The molecule has 1 saturated heterocycles. The third-order valence-electron chi connectivity index (χ3n) is 5.42. The first kappa shape index (κ1) is 19.1. The van der Waals surface area contributed by atoms with Gasteiger partial charge in [-0.2, -0.15) is 9.97 Å². The quantitative estimate of drug-likeness (QED) is 0.645. The van der Waals surface area contributed by atoms with Crippen molar-refractivity contribution in [3.05, 3.63) is 35.4 Å². The maximum atomic E-state index is 12.2. The molecule has 1 aromatic carbocycles. The van der Waals surface area contributed by atoms with Gasteiger partial charge in [0.05, 0.1) is 13.2 Å². The summed E-state index contributed by atoms with van der Waals surface area (Å²) in [5.41, 5.74) is 8.91. The number of unbranched alkanes of at least 4 members (excludes halogenated alkanes) is 1. The van der Waals surface area contributed by atoms with E-state index in [9.17, 15) is 4.79 Å². The number of ether oxygens (including phenoxy) is 1. The number of carbonyl (C=O) groups excluding carboxylic acids is 1. The largest absolute Gasteiger partial charge is 0.463 e. The number of aromatic nitrogens is 2. The van der Waals surface area contributed by atoms with Crippen molar-refractivity contribution in [2.75, 3.05) is 42.2 Å². The molecule has 0 radical (unpaired) electrons. The van der Waals surface area contributed by atoms with Crippen LogP contribution >= 0.6 is 0 Å². The van der Waals surface area contributed by atoms with E-state index < -0.39 is 0 Å². The molecule has 0 spiro atoms. The number of amides is 1. The van der Waals surface area contributed by atoms with E-state index in [0.717, 1.165) is 24.9 Å². The maximum absolute atomic E-state index is 12.2. The molecule has 0 unspecified atom stereocenters. The maximum Gasteiger partial charge on any atom is 0.320 e. The van der Waals surface area contributed by atoms with Gasteiger partial charge in [-0.3, -0.25) is 9.69 Å². The van der Waals surface area contributed by atoms with Gasteiger partial charge in [0, 0.05) is 14.5 Å². The van der Waals surface area contributed by atoms with Crippen molar-refractivity contribution in [1.29, 1.82) is 0 Å². The van der Waals surface area contributed by atoms with Gasteiger partial charge in [0.1, 0.15) is 5.69 Å². The normalized spacial score (nSPS) is 16.9. The van der Waals surface area contributed by atoms with Crippen LogP contribution in [-0.2, 0) is 17.9 Å². The first-order chi connectivity index (χ1) is 15.1. The van der Waals surface area contributed by atoms with E-state index >= 15 is 0 Å². The van der Waals surface area contributed by atoms with E-state index in [1.807, 2.05) is 4.90 Å². The molecular weight excluding hydrogens is 380 g/mol. The topological polar surface area (TPSA) is 96.6 Å². The van der Waals surface area contributed by atoms with Crippen molar-refractivity contribution in [2.45, 2.75) is 45.7 Å². The minimum Gasteiger partial charge on any atom is -0.463 e. The van der Waals surface area contributed by atoms with Gasteiger partial charge in [-0.25, -0.2) is 0 Å². The summed E-state index contributed by atoms with van der Waals surface area (Å²) in [5.74, 6) is 0.626. The molecule has 0 saturated carbocycles. The summed E-state index contributed by atoms with van der Waals surface area (Å²) < 4.78 is 12.8. The van der Waals surface area contributed by atoms with E-state index in [1.54, 1.807) is 0 Å². The lowest BCUT2D eigenvalue weighted by Gasteiger charge is -2.30. The van der Waals surface area contributed by atoms with Crippen molar-refractivity contribution < 1.29 is 10.9 Å². The first-order valence-electron chi connectivity index (χ1n) is 11.3. The van der Waals surface area contributed by atoms with Crippen LogP contribution < -0.4 is 20.7 Å². The van der Waals surface area contributed by atoms with Crippen LogP contribution in [0.25, 0.3) is 0 Å². The number of anilines is 3. The molecule has 1 fully saturated rings. The Bertz CT molecular complexity index is 902. The van der Waals surface area contributed by atoms with Gasteiger partial charge in [-0.05, 0) is 43.5 Å². The summed E-state index contributed by atoms with van der Waals surface area (Å²) in [4.78, 5) is 25.3. The molecule has 2 aliphatic rings. The molecule has 0 atom stereocenters. The van der Waals surface area contributed by atoms with Crippen molar-refractivity contribution in [3.63, 3.8) is 0 Å². The number of nitrogen functional groups attached to an aromatic ring is 1. The number of hydrogen-bond donors (Lipinski definition) is 2. The van der Waals surface area contributed by atoms with Crippen molar-refractivity contribution in [3.8, 4) is 6.01 Å². The highest BCUT2D eigenvalue weighted by molar-refractivity contribution is 6.03. The second-order valence-corrected chi connectivity index (χ2v) is 7.85. The zero-order chi connectivity index (χ0) is 21.6. The van der Waals surface area contributed by atoms with Crippen molar-refractivity contribution in [2.24, 2.45) is 0 Å². The first-order valence-corrected chi connectivity index (χ1v) is 10.6. The number of nitrogens with one attached hydrogen (secondary N) is 1. The fraction of sp³-hybridized carbons (Fsp3) is 0.500. The van der Waals surface area contributed by atoms with Crippen LogP contribution in [0.2, 0.25) is 0 Å². The number of benzene rings is 1. The van der Waals surface area contributed by atoms with Gasteiger partial charge in [0.2, 0.25) is 5.91 Å². The predicted molar refractivity (Wildman–Crippen MR) is 117 cm³/mol. The Morgan fingerprint density at radius 3 is 2.63 bits per heavy atom. The lowest BCUT2D eigenvalue weighted by atomic mass is 10.1. The van der Waals surface area contributed by atoms with E-state index in [-0.39, 0.29) is 24.3 Å². The second kappa shape index (κ2) is 9.30. The van der Waals surface area contributed by atoms with Crippen molar-refractivity contribution in [1.82, 2.24) is 14.9 Å². The molecule has 0 aliphatic carbocycles. The fourth-order valence-corrected chi connectivity index (χ4v) is 3.85. The molecule has 3 N–H and O–H groups in total. The standard InChI is InChI=1S/C22H30N6O2/c1-2-3-12-30-22-25-20(23)19-21(26-22)28(15-18(29)24-19)14-17-8-6-16(7-9-17)13-27-10-4-5-11-27/h6-9H,2-5,10-15H2,1H3,(H,24,29)(H2,23,25,26)/i1D. The minimum atomic E-state index is -0.141. The average Bonchev–Trinajstić information content (AvgIpc) is 3.26. The Labute approximate surface area is 178 Å². The monoisotopic (exact) mass is 411 g/mol. The third kappa shape index (κ3) is 4.81. The van der Waals surface area contributed by atoms with Crippen LogP contribution in [0.5, 0.6) is 6.01 Å². The van der Waals surface area contributed by atoms with Crippen LogP contribution in [0.4, 0.5) is 17.3 Å². The second-order valence-electron chi connectivity index (χ2n) is 7.85. The van der Waals surface area contributed by atoms with Crippen LogP contribution in [0, 0.1) is 0 Å². The molecule has 2 aliphatic heterocycles. The van der Waals surface area contributed by atoms with Gasteiger partial charge >= 0.3 is 6.01 Å². The SMILES string of the molecule is [2H]CCCCOc1nc(N)c2c(n1)N(Cc1ccc(CN3CCCC3)cc1)CC(=O)N2. The Balaban J connectivity index is 1.47. The predicted octanol–water partition coefficient (Wildman–Crippen LogP) is 2.79. The number of carbonyl (C=O) groups is 1. The Morgan fingerprint density at radius 1 is 1.17 bits per heavy atom. The summed E-state index contributed by atoms with van der Waals surface area (Å²) in [6, 6.07) is 8.74. The third-order valence-corrected chi connectivity index (χ3v) is 5.42. The average molecular weight is 412 g/mol. The van der Waals surface area contributed by atoms with Crippen molar-refractivity contribution >= 4 is 23.2 Å². The molecule has 1 aromatic heterocycles. The minimum absolute atomic E-state index is 0.141.